The maximum atomic E-state index is 12.0. The number of aromatic nitrogens is 1. The second-order valence-electron chi connectivity index (χ2n) is 3.38. The van der Waals surface area contributed by atoms with Crippen LogP contribution in [-0.4, -0.2) is 17.3 Å². The number of aromatic carboxylic acids is 1. The molecular weight excluding hydrogens is 306 g/mol. The molecule has 0 saturated heterocycles. The second kappa shape index (κ2) is 6.57. The normalized spacial score (nSPS) is 10.8. The molecule has 0 aliphatic carbocycles. The van der Waals surface area contributed by atoms with Crippen molar-refractivity contribution in [3.63, 3.8) is 0 Å². The van der Waals surface area contributed by atoms with Crippen LogP contribution in [0.5, 0.6) is 5.75 Å². The number of hydrogen-bond donors (Lipinski definition) is 0. The minimum absolute atomic E-state index is 0. The molecule has 0 atom stereocenters. The molecule has 4 nitrogen and oxygen atoms in total. The van der Waals surface area contributed by atoms with E-state index >= 15 is 0 Å². The van der Waals surface area contributed by atoms with Crippen molar-refractivity contribution in [2.24, 2.45) is 0 Å². The zero-order valence-electron chi connectivity index (χ0n) is 10.1. The fourth-order valence-electron chi connectivity index (χ4n) is 1.40. The molecule has 0 unspecified atom stereocenters. The molecule has 0 bridgehead atoms. The van der Waals surface area contributed by atoms with E-state index in [1.807, 2.05) is 0 Å². The van der Waals surface area contributed by atoms with Crippen molar-refractivity contribution < 1.29 is 57.4 Å². The van der Waals surface area contributed by atoms with E-state index < -0.39 is 18.1 Å². The zero-order valence-corrected chi connectivity index (χ0v) is 12.9. The van der Waals surface area contributed by atoms with Gasteiger partial charge >= 0.3 is 35.9 Å². The van der Waals surface area contributed by atoms with E-state index in [4.69, 9.17) is 0 Å². The third-order valence-electron chi connectivity index (χ3n) is 2.07. The predicted molar refractivity (Wildman–Crippen MR) is 58.6 cm³/mol. The molecule has 2 heterocycles. The molecule has 0 radical (unpaired) electrons. The van der Waals surface area contributed by atoms with Crippen LogP contribution in [0.1, 0.15) is 10.4 Å². The number of halogens is 3. The number of alkyl halides is 3. The van der Waals surface area contributed by atoms with Gasteiger partial charge in [-0.2, -0.15) is 0 Å². The summed E-state index contributed by atoms with van der Waals surface area (Å²) in [5, 5.41) is 12.0. The van der Waals surface area contributed by atoms with Crippen LogP contribution < -0.4 is 39.4 Å². The molecule has 0 amide bonds. The molecule has 0 aliphatic heterocycles. The van der Waals surface area contributed by atoms with E-state index in [1.54, 1.807) is 0 Å². The summed E-state index contributed by atoms with van der Waals surface area (Å²) in [6.45, 7) is 0. The Morgan fingerprint density at radius 2 is 2.10 bits per heavy atom. The summed E-state index contributed by atoms with van der Waals surface area (Å²) in [6.07, 6.45) is -3.45. The van der Waals surface area contributed by atoms with E-state index in [1.165, 1.54) is 18.3 Å². The van der Waals surface area contributed by atoms with Gasteiger partial charge in [-0.1, -0.05) is 0 Å². The minimum atomic E-state index is -4.79. The molecule has 20 heavy (non-hydrogen) atoms. The number of nitrogens with zero attached hydrogens (tertiary/aromatic N) is 1. The molecule has 2 aromatic heterocycles. The second-order valence-corrected chi connectivity index (χ2v) is 4.29. The predicted octanol–water partition coefficient (Wildman–Crippen LogP) is -0.924. The van der Waals surface area contributed by atoms with Crippen LogP contribution in [0.4, 0.5) is 13.2 Å². The topological polar surface area (TPSA) is 62.2 Å². The first-order valence-electron chi connectivity index (χ1n) is 4.88. The number of carbonyl (C=O) groups is 1. The number of thiophene rings is 1. The number of ether oxygens (including phenoxy) is 1. The first-order chi connectivity index (χ1) is 8.87. The summed E-state index contributed by atoms with van der Waals surface area (Å²) in [5.41, 5.74) is -0.146. The van der Waals surface area contributed by atoms with Crippen molar-refractivity contribution in [1.82, 2.24) is 4.98 Å². The van der Waals surface area contributed by atoms with Crippen molar-refractivity contribution in [2.75, 3.05) is 0 Å². The Morgan fingerprint density at radius 1 is 1.40 bits per heavy atom. The van der Waals surface area contributed by atoms with Crippen LogP contribution in [0.15, 0.2) is 29.8 Å². The molecular formula is C11H5F3NNaO3S. The average Bonchev–Trinajstić information content (AvgIpc) is 2.75. The first-order valence-corrected chi connectivity index (χ1v) is 5.76. The molecule has 0 aliphatic rings. The number of carboxylic acid groups (broad SMARTS) is 1. The van der Waals surface area contributed by atoms with Crippen molar-refractivity contribution in [3.8, 4) is 16.3 Å². The van der Waals surface area contributed by atoms with Crippen molar-refractivity contribution in [2.45, 2.75) is 6.36 Å². The van der Waals surface area contributed by atoms with Gasteiger partial charge in [0, 0.05) is 23.2 Å². The monoisotopic (exact) mass is 311 g/mol. The zero-order chi connectivity index (χ0) is 14.0. The minimum Gasteiger partial charge on any atom is -0.545 e. The fraction of sp³-hybridized carbons (Fsp3) is 0.0909. The Balaban J connectivity index is 0.00000200. The molecule has 2 aromatic rings. The third-order valence-corrected chi connectivity index (χ3v) is 2.99. The van der Waals surface area contributed by atoms with Gasteiger partial charge in [-0.25, -0.2) is 0 Å². The molecule has 9 heteroatoms. The smallest absolute Gasteiger partial charge is 0.545 e. The molecule has 0 saturated carbocycles. The summed E-state index contributed by atoms with van der Waals surface area (Å²) < 4.78 is 39.8. The van der Waals surface area contributed by atoms with Gasteiger partial charge in [-0.05, 0) is 12.1 Å². The van der Waals surface area contributed by atoms with Crippen molar-refractivity contribution in [1.29, 1.82) is 0 Å². The number of rotatable bonds is 3. The van der Waals surface area contributed by atoms with Gasteiger partial charge in [0.25, 0.3) is 0 Å². The Hall–Kier alpha value is -1.09. The van der Waals surface area contributed by atoms with Crippen LogP contribution in [0.3, 0.4) is 0 Å². The van der Waals surface area contributed by atoms with Gasteiger partial charge in [0.15, 0.2) is 0 Å². The molecule has 0 spiro atoms. The summed E-state index contributed by atoms with van der Waals surface area (Å²) in [6, 6.07) is 3.74. The summed E-state index contributed by atoms with van der Waals surface area (Å²) in [5.74, 6) is -1.86. The van der Waals surface area contributed by atoms with Crippen molar-refractivity contribution in [3.05, 3.63) is 35.3 Å². The van der Waals surface area contributed by atoms with Crippen LogP contribution in [0, 0.1) is 0 Å². The van der Waals surface area contributed by atoms with Gasteiger partial charge in [-0.3, -0.25) is 4.98 Å². The van der Waals surface area contributed by atoms with Gasteiger partial charge in [0.1, 0.15) is 5.75 Å². The van der Waals surface area contributed by atoms with Gasteiger partial charge in [0.05, 0.1) is 16.5 Å². The van der Waals surface area contributed by atoms with Gasteiger partial charge in [0.2, 0.25) is 0 Å². The van der Waals surface area contributed by atoms with E-state index in [2.05, 4.69) is 9.72 Å². The number of pyridine rings is 1. The van der Waals surface area contributed by atoms with Crippen LogP contribution in [-0.2, 0) is 0 Å². The maximum absolute atomic E-state index is 12.0. The van der Waals surface area contributed by atoms with Gasteiger partial charge < -0.3 is 14.6 Å². The Bertz CT molecular complexity index is 615. The summed E-state index contributed by atoms with van der Waals surface area (Å²) in [4.78, 5) is 15.0. The first kappa shape index (κ1) is 17.0. The molecule has 0 N–H and O–H groups in total. The molecule has 100 valence electrons. The fourth-order valence-corrected chi connectivity index (χ4v) is 2.21. The van der Waals surface area contributed by atoms with Crippen LogP contribution >= 0.6 is 11.3 Å². The number of hydrogen-bond acceptors (Lipinski definition) is 5. The van der Waals surface area contributed by atoms with Crippen molar-refractivity contribution >= 4 is 17.3 Å². The Morgan fingerprint density at radius 3 is 2.70 bits per heavy atom. The summed E-state index contributed by atoms with van der Waals surface area (Å²) >= 11 is 0.896. The molecule has 0 aromatic carbocycles. The molecule has 0 fully saturated rings. The Labute approximate surface area is 137 Å². The quantitative estimate of drug-likeness (QED) is 0.688. The number of carbonyl (C=O) groups excluding carboxylic acids is 1. The SMILES string of the molecule is O=C([O-])c1cccnc1-c1cc(OC(F)(F)F)cs1.[Na+]. The average molecular weight is 311 g/mol. The molecule has 2 rings (SSSR count). The van der Waals surface area contributed by atoms with Crippen LogP contribution in [0.2, 0.25) is 0 Å². The standard InChI is InChI=1S/C11H6F3NO3S.Na/c12-11(13,14)18-6-4-8(19-5-6)9-7(10(16)17)2-1-3-15-9;/h1-5H,(H,16,17);/q;+1/p-1. The van der Waals surface area contributed by atoms with E-state index in [0.717, 1.165) is 22.8 Å². The maximum Gasteiger partial charge on any atom is 1.00 e. The Kier molecular flexibility index (Phi) is 5.58. The largest absolute Gasteiger partial charge is 1.00 e. The van der Waals surface area contributed by atoms with E-state index in [0.29, 0.717) is 0 Å². The van der Waals surface area contributed by atoms with Crippen LogP contribution in [0.25, 0.3) is 10.6 Å². The number of carboxylic acids is 1. The van der Waals surface area contributed by atoms with E-state index in [9.17, 15) is 23.1 Å². The summed E-state index contributed by atoms with van der Waals surface area (Å²) in [7, 11) is 0. The third kappa shape index (κ3) is 4.20. The van der Waals surface area contributed by atoms with Gasteiger partial charge in [-0.15, -0.1) is 24.5 Å². The van der Waals surface area contributed by atoms with E-state index in [-0.39, 0.29) is 45.7 Å².